The lowest BCUT2D eigenvalue weighted by Gasteiger charge is -2.32. The number of hydrogen-bond donors (Lipinski definition) is 1. The largest absolute Gasteiger partial charge is 0.415 e. The molecule has 0 spiro atoms. The van der Waals surface area contributed by atoms with Gasteiger partial charge < -0.3 is 5.11 Å². The van der Waals surface area contributed by atoms with Gasteiger partial charge in [-0.3, -0.25) is 4.90 Å². The summed E-state index contributed by atoms with van der Waals surface area (Å²) in [6.45, 7) is 4.31. The fourth-order valence-electron chi connectivity index (χ4n) is 2.44. The summed E-state index contributed by atoms with van der Waals surface area (Å²) in [6.07, 6.45) is -2.65. The van der Waals surface area contributed by atoms with Crippen LogP contribution in [0.15, 0.2) is 0 Å². The maximum absolute atomic E-state index is 12.4. The molecule has 0 aromatic carbocycles. The van der Waals surface area contributed by atoms with Crippen molar-refractivity contribution >= 4 is 0 Å². The Balaban J connectivity index is 2.56. The first kappa shape index (κ1) is 14.8. The van der Waals surface area contributed by atoms with Crippen LogP contribution in [0.5, 0.6) is 0 Å². The molecule has 0 amide bonds. The molecule has 1 atom stereocenters. The number of aliphatic hydroxyl groups excluding tert-OH is 1. The zero-order chi connectivity index (χ0) is 13.1. The van der Waals surface area contributed by atoms with E-state index >= 15 is 0 Å². The minimum Gasteiger partial charge on any atom is -0.382 e. The maximum Gasteiger partial charge on any atom is 0.415 e. The second-order valence-corrected chi connectivity index (χ2v) is 5.34. The third-order valence-electron chi connectivity index (χ3n) is 3.23. The fraction of sp³-hybridized carbons (Fsp3) is 1.00. The SMILES string of the molecule is CC(C)CN(CC(O)C(F)(F)F)C1CCCC1. The van der Waals surface area contributed by atoms with Gasteiger partial charge in [0.25, 0.3) is 0 Å². The van der Waals surface area contributed by atoms with Gasteiger partial charge in [-0.15, -0.1) is 0 Å². The van der Waals surface area contributed by atoms with Gasteiger partial charge in [0.05, 0.1) is 0 Å². The van der Waals surface area contributed by atoms with Crippen molar-refractivity contribution in [2.75, 3.05) is 13.1 Å². The first-order chi connectivity index (χ1) is 7.80. The van der Waals surface area contributed by atoms with Crippen LogP contribution in [-0.2, 0) is 0 Å². The number of hydrogen-bond acceptors (Lipinski definition) is 2. The van der Waals surface area contributed by atoms with Crippen molar-refractivity contribution in [2.45, 2.75) is 57.9 Å². The second kappa shape index (κ2) is 6.05. The molecule has 0 radical (unpaired) electrons. The molecule has 0 bridgehead atoms. The van der Waals surface area contributed by atoms with Crippen LogP contribution in [0.25, 0.3) is 0 Å². The molecule has 5 heteroatoms. The van der Waals surface area contributed by atoms with Gasteiger partial charge in [0.2, 0.25) is 0 Å². The summed E-state index contributed by atoms with van der Waals surface area (Å²) in [5.74, 6) is 0.316. The monoisotopic (exact) mass is 253 g/mol. The molecule has 1 unspecified atom stereocenters. The summed E-state index contributed by atoms with van der Waals surface area (Å²) >= 11 is 0. The molecular weight excluding hydrogens is 231 g/mol. The molecule has 1 N–H and O–H groups in total. The van der Waals surface area contributed by atoms with Crippen molar-refractivity contribution in [1.82, 2.24) is 4.90 Å². The van der Waals surface area contributed by atoms with Crippen LogP contribution in [0.3, 0.4) is 0 Å². The van der Waals surface area contributed by atoms with E-state index in [-0.39, 0.29) is 12.6 Å². The molecule has 1 rings (SSSR count). The van der Waals surface area contributed by atoms with Crippen molar-refractivity contribution in [3.8, 4) is 0 Å². The summed E-state index contributed by atoms with van der Waals surface area (Å²) in [7, 11) is 0. The van der Waals surface area contributed by atoms with E-state index < -0.39 is 12.3 Å². The molecule has 0 aliphatic heterocycles. The maximum atomic E-state index is 12.4. The standard InChI is InChI=1S/C12H22F3NO/c1-9(2)7-16(10-5-3-4-6-10)8-11(17)12(13,14)15/h9-11,17H,3-8H2,1-2H3. The molecule has 0 saturated heterocycles. The Bertz CT molecular complexity index is 224. The van der Waals surface area contributed by atoms with Crippen molar-refractivity contribution in [1.29, 1.82) is 0 Å². The van der Waals surface area contributed by atoms with E-state index in [4.69, 9.17) is 5.11 Å². The molecule has 1 fully saturated rings. The molecule has 2 nitrogen and oxygen atoms in total. The number of halogens is 3. The predicted octanol–water partition coefficient (Wildman–Crippen LogP) is 2.81. The van der Waals surface area contributed by atoms with Crippen LogP contribution in [0.4, 0.5) is 13.2 Å². The Morgan fingerprint density at radius 1 is 1.18 bits per heavy atom. The highest BCUT2D eigenvalue weighted by Crippen LogP contribution is 2.27. The molecule has 1 aliphatic rings. The van der Waals surface area contributed by atoms with E-state index in [1.165, 1.54) is 0 Å². The van der Waals surface area contributed by atoms with E-state index in [9.17, 15) is 13.2 Å². The highest BCUT2D eigenvalue weighted by atomic mass is 19.4. The van der Waals surface area contributed by atoms with Gasteiger partial charge in [-0.2, -0.15) is 13.2 Å². The van der Waals surface area contributed by atoms with E-state index in [0.29, 0.717) is 12.5 Å². The summed E-state index contributed by atoms with van der Waals surface area (Å²) < 4.78 is 37.1. The first-order valence-electron chi connectivity index (χ1n) is 6.29. The van der Waals surface area contributed by atoms with E-state index in [2.05, 4.69) is 0 Å². The van der Waals surface area contributed by atoms with Crippen LogP contribution < -0.4 is 0 Å². The molecule has 17 heavy (non-hydrogen) atoms. The van der Waals surface area contributed by atoms with Crippen molar-refractivity contribution < 1.29 is 18.3 Å². The van der Waals surface area contributed by atoms with Gasteiger partial charge in [0.15, 0.2) is 6.10 Å². The normalized spacial score (nSPS) is 20.5. The average Bonchev–Trinajstić information content (AvgIpc) is 2.66. The Morgan fingerprint density at radius 2 is 1.71 bits per heavy atom. The Morgan fingerprint density at radius 3 is 2.12 bits per heavy atom. The lowest BCUT2D eigenvalue weighted by Crippen LogP contribution is -2.46. The second-order valence-electron chi connectivity index (χ2n) is 5.34. The highest BCUT2D eigenvalue weighted by Gasteiger charge is 2.40. The van der Waals surface area contributed by atoms with Gasteiger partial charge in [-0.25, -0.2) is 0 Å². The zero-order valence-corrected chi connectivity index (χ0v) is 10.5. The van der Waals surface area contributed by atoms with Crippen molar-refractivity contribution in [3.05, 3.63) is 0 Å². The average molecular weight is 253 g/mol. The van der Waals surface area contributed by atoms with Crippen LogP contribution in [0, 0.1) is 5.92 Å². The summed E-state index contributed by atoms with van der Waals surface area (Å²) in [4.78, 5) is 1.82. The van der Waals surface area contributed by atoms with Gasteiger partial charge in [-0.05, 0) is 18.8 Å². The molecule has 1 aliphatic carbocycles. The quantitative estimate of drug-likeness (QED) is 0.814. The number of alkyl halides is 3. The molecule has 0 aromatic heterocycles. The number of rotatable bonds is 5. The van der Waals surface area contributed by atoms with Crippen LogP contribution in [0.1, 0.15) is 39.5 Å². The Hall–Kier alpha value is -0.290. The Kier molecular flexibility index (Phi) is 5.25. The van der Waals surface area contributed by atoms with E-state index in [0.717, 1.165) is 25.7 Å². The zero-order valence-electron chi connectivity index (χ0n) is 10.5. The molecule has 0 aromatic rings. The smallest absolute Gasteiger partial charge is 0.382 e. The lowest BCUT2D eigenvalue weighted by atomic mass is 10.1. The van der Waals surface area contributed by atoms with Crippen LogP contribution in [0.2, 0.25) is 0 Å². The number of aliphatic hydroxyl groups is 1. The van der Waals surface area contributed by atoms with Crippen molar-refractivity contribution in [3.63, 3.8) is 0 Å². The van der Waals surface area contributed by atoms with Gasteiger partial charge in [0.1, 0.15) is 0 Å². The predicted molar refractivity (Wildman–Crippen MR) is 60.7 cm³/mol. The third-order valence-corrected chi connectivity index (χ3v) is 3.23. The molecule has 102 valence electrons. The highest BCUT2D eigenvalue weighted by molar-refractivity contribution is 4.81. The Labute approximate surface area is 101 Å². The first-order valence-corrected chi connectivity index (χ1v) is 6.29. The third kappa shape index (κ3) is 4.84. The van der Waals surface area contributed by atoms with E-state index in [1.807, 2.05) is 18.7 Å². The summed E-state index contributed by atoms with van der Waals surface area (Å²) in [5.41, 5.74) is 0. The summed E-state index contributed by atoms with van der Waals surface area (Å²) in [5, 5.41) is 9.16. The minimum absolute atomic E-state index is 0.217. The van der Waals surface area contributed by atoms with Crippen LogP contribution in [-0.4, -0.2) is 41.4 Å². The molecular formula is C12H22F3NO. The minimum atomic E-state index is -4.51. The lowest BCUT2D eigenvalue weighted by molar-refractivity contribution is -0.209. The summed E-state index contributed by atoms with van der Waals surface area (Å²) in [6, 6.07) is 0.217. The molecule has 0 heterocycles. The topological polar surface area (TPSA) is 23.5 Å². The van der Waals surface area contributed by atoms with Crippen LogP contribution >= 0.6 is 0 Å². The van der Waals surface area contributed by atoms with Crippen molar-refractivity contribution in [2.24, 2.45) is 5.92 Å². The fourth-order valence-corrected chi connectivity index (χ4v) is 2.44. The van der Waals surface area contributed by atoms with Gasteiger partial charge >= 0.3 is 6.18 Å². The number of nitrogens with zero attached hydrogens (tertiary/aromatic N) is 1. The van der Waals surface area contributed by atoms with Gasteiger partial charge in [0, 0.05) is 19.1 Å². The molecule has 1 saturated carbocycles. The van der Waals surface area contributed by atoms with E-state index in [1.54, 1.807) is 0 Å². The van der Waals surface area contributed by atoms with Gasteiger partial charge in [-0.1, -0.05) is 26.7 Å².